The van der Waals surface area contributed by atoms with Crippen LogP contribution >= 0.6 is 0 Å². The van der Waals surface area contributed by atoms with Crippen LogP contribution in [0.15, 0.2) is 30.3 Å². The first-order valence-electron chi connectivity index (χ1n) is 6.67. The second-order valence-electron chi connectivity index (χ2n) is 4.79. The van der Waals surface area contributed by atoms with Gasteiger partial charge in [0, 0.05) is 5.56 Å². The molecule has 0 N–H and O–H groups in total. The van der Waals surface area contributed by atoms with Crippen molar-refractivity contribution in [2.45, 2.75) is 51.6 Å². The van der Waals surface area contributed by atoms with Gasteiger partial charge in [-0.1, -0.05) is 44.9 Å². The van der Waals surface area contributed by atoms with E-state index in [9.17, 15) is 4.79 Å². The lowest BCUT2D eigenvalue weighted by molar-refractivity contribution is 0.0862. The van der Waals surface area contributed by atoms with E-state index in [1.165, 1.54) is 0 Å². The fraction of sp³-hybridized carbons (Fsp3) is 0.533. The molecule has 1 heterocycles. The van der Waals surface area contributed by atoms with E-state index >= 15 is 0 Å². The normalized spacial score (nSPS) is 22.6. The molecule has 1 aliphatic rings. The number of hydrogen-bond donors (Lipinski definition) is 0. The first kappa shape index (κ1) is 12.2. The number of amides is 1. The van der Waals surface area contributed by atoms with Crippen LogP contribution in [0.3, 0.4) is 0 Å². The molecule has 1 fully saturated rings. The van der Waals surface area contributed by atoms with Gasteiger partial charge in [0.1, 0.15) is 0 Å². The molecule has 0 saturated carbocycles. The quantitative estimate of drug-likeness (QED) is 0.710. The maximum absolute atomic E-state index is 12.3. The molecule has 1 saturated heterocycles. The molecule has 0 radical (unpaired) electrons. The third kappa shape index (κ3) is 2.51. The highest BCUT2D eigenvalue weighted by Crippen LogP contribution is 2.36. The van der Waals surface area contributed by atoms with Crippen LogP contribution in [0.2, 0.25) is 0 Å². The third-order valence-corrected chi connectivity index (χ3v) is 3.49. The van der Waals surface area contributed by atoms with Crippen molar-refractivity contribution in [1.82, 2.24) is 4.90 Å². The molecule has 2 atom stereocenters. The van der Waals surface area contributed by atoms with E-state index in [2.05, 4.69) is 18.7 Å². The van der Waals surface area contributed by atoms with Crippen molar-refractivity contribution in [3.05, 3.63) is 35.9 Å². The summed E-state index contributed by atoms with van der Waals surface area (Å²) in [5.41, 5.74) is 0.826. The number of rotatable bonds is 5. The van der Waals surface area contributed by atoms with Crippen molar-refractivity contribution in [3.8, 4) is 0 Å². The lowest BCUT2D eigenvalue weighted by atomic mass is 10.1. The lowest BCUT2D eigenvalue weighted by Gasteiger charge is -2.04. The Labute approximate surface area is 104 Å². The first-order chi connectivity index (χ1) is 8.29. The number of hydrogen-bond acceptors (Lipinski definition) is 1. The van der Waals surface area contributed by atoms with Gasteiger partial charge in [0.2, 0.25) is 0 Å². The summed E-state index contributed by atoms with van der Waals surface area (Å²) < 4.78 is 0. The maximum atomic E-state index is 12.3. The maximum Gasteiger partial charge on any atom is 0.254 e. The summed E-state index contributed by atoms with van der Waals surface area (Å²) >= 11 is 0. The first-order valence-corrected chi connectivity index (χ1v) is 6.67. The molecule has 0 bridgehead atoms. The summed E-state index contributed by atoms with van der Waals surface area (Å²) in [6.45, 7) is 4.37. The summed E-state index contributed by atoms with van der Waals surface area (Å²) in [4.78, 5) is 14.4. The second kappa shape index (κ2) is 5.35. The van der Waals surface area contributed by atoms with Gasteiger partial charge in [-0.05, 0) is 25.0 Å². The van der Waals surface area contributed by atoms with Gasteiger partial charge >= 0.3 is 0 Å². The Morgan fingerprint density at radius 3 is 2.06 bits per heavy atom. The van der Waals surface area contributed by atoms with Crippen molar-refractivity contribution in [1.29, 1.82) is 0 Å². The van der Waals surface area contributed by atoms with Crippen molar-refractivity contribution < 1.29 is 4.79 Å². The van der Waals surface area contributed by atoms with Crippen molar-refractivity contribution in [3.63, 3.8) is 0 Å². The predicted octanol–water partition coefficient (Wildman–Crippen LogP) is 3.48. The standard InChI is InChI=1S/C15H21NO/c1-3-8-13-14(9-4-2)16(13)15(17)12-10-6-5-7-11-12/h5-7,10-11,13-14H,3-4,8-9H2,1-2H3/t13-,14-/m0/s1. The minimum absolute atomic E-state index is 0.211. The highest BCUT2D eigenvalue weighted by atomic mass is 16.2. The molecule has 0 spiro atoms. The van der Waals surface area contributed by atoms with E-state index in [0.717, 1.165) is 31.2 Å². The minimum atomic E-state index is 0.211. The van der Waals surface area contributed by atoms with Gasteiger partial charge in [-0.2, -0.15) is 0 Å². The van der Waals surface area contributed by atoms with Crippen LogP contribution in [0.5, 0.6) is 0 Å². The molecule has 1 aromatic carbocycles. The van der Waals surface area contributed by atoms with Crippen LogP contribution in [0.1, 0.15) is 49.9 Å². The van der Waals surface area contributed by atoms with Gasteiger partial charge in [-0.15, -0.1) is 0 Å². The molecular weight excluding hydrogens is 210 g/mol. The largest absolute Gasteiger partial charge is 0.329 e. The Balaban J connectivity index is 2.05. The van der Waals surface area contributed by atoms with E-state index in [-0.39, 0.29) is 5.91 Å². The highest BCUT2D eigenvalue weighted by Gasteiger charge is 2.48. The average Bonchev–Trinajstić information content (AvgIpc) is 3.03. The van der Waals surface area contributed by atoms with Crippen LogP contribution in [0.4, 0.5) is 0 Å². The lowest BCUT2D eigenvalue weighted by Crippen LogP contribution is -2.15. The number of benzene rings is 1. The van der Waals surface area contributed by atoms with Crippen LogP contribution in [0.25, 0.3) is 0 Å². The fourth-order valence-corrected chi connectivity index (χ4v) is 2.62. The Hall–Kier alpha value is -1.31. The van der Waals surface area contributed by atoms with E-state index < -0.39 is 0 Å². The molecular formula is C15H21NO. The summed E-state index contributed by atoms with van der Waals surface area (Å²) in [7, 11) is 0. The predicted molar refractivity (Wildman–Crippen MR) is 70.0 cm³/mol. The molecule has 2 rings (SSSR count). The van der Waals surface area contributed by atoms with Gasteiger partial charge in [-0.25, -0.2) is 0 Å². The molecule has 0 aliphatic carbocycles. The fourth-order valence-electron chi connectivity index (χ4n) is 2.62. The van der Waals surface area contributed by atoms with Gasteiger partial charge in [0.25, 0.3) is 5.91 Å². The smallest absolute Gasteiger partial charge is 0.254 e. The van der Waals surface area contributed by atoms with Crippen molar-refractivity contribution >= 4 is 5.91 Å². The molecule has 2 nitrogen and oxygen atoms in total. The van der Waals surface area contributed by atoms with Crippen LogP contribution < -0.4 is 0 Å². The Morgan fingerprint density at radius 2 is 1.59 bits per heavy atom. The molecule has 0 unspecified atom stereocenters. The molecule has 92 valence electrons. The van der Waals surface area contributed by atoms with E-state index in [0.29, 0.717) is 12.1 Å². The van der Waals surface area contributed by atoms with Crippen molar-refractivity contribution in [2.24, 2.45) is 0 Å². The van der Waals surface area contributed by atoms with Crippen LogP contribution in [0, 0.1) is 0 Å². The second-order valence-corrected chi connectivity index (χ2v) is 4.79. The summed E-state index contributed by atoms with van der Waals surface area (Å²) in [6, 6.07) is 10.6. The van der Waals surface area contributed by atoms with E-state index in [1.54, 1.807) is 0 Å². The Morgan fingerprint density at radius 1 is 1.06 bits per heavy atom. The van der Waals surface area contributed by atoms with Gasteiger partial charge in [0.05, 0.1) is 12.1 Å². The SMILES string of the molecule is CCC[C@H]1[C@H](CCC)N1C(=O)c1ccccc1. The summed E-state index contributed by atoms with van der Waals surface area (Å²) in [5.74, 6) is 0.211. The van der Waals surface area contributed by atoms with Gasteiger partial charge < -0.3 is 4.90 Å². The molecule has 2 heteroatoms. The van der Waals surface area contributed by atoms with E-state index in [1.807, 2.05) is 30.3 Å². The van der Waals surface area contributed by atoms with Gasteiger partial charge in [0.15, 0.2) is 0 Å². The van der Waals surface area contributed by atoms with Gasteiger partial charge in [-0.3, -0.25) is 4.79 Å². The molecule has 17 heavy (non-hydrogen) atoms. The van der Waals surface area contributed by atoms with E-state index in [4.69, 9.17) is 0 Å². The zero-order chi connectivity index (χ0) is 12.3. The van der Waals surface area contributed by atoms with Crippen molar-refractivity contribution in [2.75, 3.05) is 0 Å². The minimum Gasteiger partial charge on any atom is -0.329 e. The Bertz CT molecular complexity index is 362. The number of carbonyl (C=O) groups is 1. The summed E-state index contributed by atoms with van der Waals surface area (Å²) in [5, 5.41) is 0. The molecule has 1 amide bonds. The topological polar surface area (TPSA) is 20.1 Å². The zero-order valence-corrected chi connectivity index (χ0v) is 10.7. The molecule has 0 aromatic heterocycles. The van der Waals surface area contributed by atoms with Crippen LogP contribution in [-0.2, 0) is 0 Å². The monoisotopic (exact) mass is 231 g/mol. The average molecular weight is 231 g/mol. The van der Waals surface area contributed by atoms with Crippen LogP contribution in [-0.4, -0.2) is 22.9 Å². The molecule has 1 aliphatic heterocycles. The zero-order valence-electron chi connectivity index (χ0n) is 10.7. The Kier molecular flexibility index (Phi) is 3.82. The summed E-state index contributed by atoms with van der Waals surface area (Å²) in [6.07, 6.45) is 4.60. The third-order valence-electron chi connectivity index (χ3n) is 3.49. The number of carbonyl (C=O) groups excluding carboxylic acids is 1. The number of nitrogens with zero attached hydrogens (tertiary/aromatic N) is 1. The highest BCUT2D eigenvalue weighted by molar-refractivity contribution is 5.96. The molecule has 1 aromatic rings.